The molecule has 44 heavy (non-hydrogen) atoms. The van der Waals surface area contributed by atoms with Gasteiger partial charge in [-0.25, -0.2) is 4.98 Å². The van der Waals surface area contributed by atoms with E-state index in [1.807, 2.05) is 36.4 Å². The van der Waals surface area contributed by atoms with Crippen LogP contribution in [0.25, 0.3) is 0 Å². The van der Waals surface area contributed by atoms with Gasteiger partial charge in [0.1, 0.15) is 11.9 Å². The zero-order valence-corrected chi connectivity index (χ0v) is 25.8. The molecule has 5 rings (SSSR count). The number of aromatic nitrogens is 3. The standard InChI is InChI=1S/C33H40N8O3/c1-20(2)29-38-32(40-39-29)33(13-14-37-19-28(42)41-15-5-6-25(41)18-34)26-11-9-23(30(43)35-3)16-21(26)7-8-22-17-24(31(44)36-4)10-12-27(22)33/h9-12,16-17,20,25,37H,5-8,13-15,19H2,1-4H3,(H,35,43)(H,36,44)(H,38,39,40)/t25-/m0/s1. The van der Waals surface area contributed by atoms with E-state index in [0.29, 0.717) is 55.7 Å². The molecule has 2 aromatic carbocycles. The smallest absolute Gasteiger partial charge is 0.251 e. The van der Waals surface area contributed by atoms with Crippen molar-refractivity contribution in [1.29, 1.82) is 5.26 Å². The van der Waals surface area contributed by atoms with Crippen LogP contribution in [0.2, 0.25) is 0 Å². The van der Waals surface area contributed by atoms with E-state index >= 15 is 0 Å². The molecule has 2 heterocycles. The Labute approximate surface area is 257 Å². The molecule has 1 aliphatic heterocycles. The number of nitrogens with one attached hydrogen (secondary N) is 4. The van der Waals surface area contributed by atoms with Gasteiger partial charge >= 0.3 is 0 Å². The molecular formula is C33H40N8O3. The Kier molecular flexibility index (Phi) is 9.11. The second kappa shape index (κ2) is 13.0. The second-order valence-electron chi connectivity index (χ2n) is 11.8. The van der Waals surface area contributed by atoms with Crippen molar-refractivity contribution in [3.05, 3.63) is 81.4 Å². The molecular weight excluding hydrogens is 556 g/mol. The first-order chi connectivity index (χ1) is 21.2. The Morgan fingerprint density at radius 2 is 1.66 bits per heavy atom. The van der Waals surface area contributed by atoms with Crippen LogP contribution in [0, 0.1) is 11.3 Å². The van der Waals surface area contributed by atoms with Crippen molar-refractivity contribution >= 4 is 17.7 Å². The quantitative estimate of drug-likeness (QED) is 0.277. The van der Waals surface area contributed by atoms with Crippen molar-refractivity contribution in [3.8, 4) is 6.07 Å². The summed E-state index contributed by atoms with van der Waals surface area (Å²) < 4.78 is 0. The lowest BCUT2D eigenvalue weighted by Gasteiger charge is -2.35. The van der Waals surface area contributed by atoms with Crippen LogP contribution >= 0.6 is 0 Å². The summed E-state index contributed by atoms with van der Waals surface area (Å²) in [4.78, 5) is 45.0. The first-order valence-corrected chi connectivity index (χ1v) is 15.3. The number of likely N-dealkylation sites (tertiary alicyclic amines) is 1. The summed E-state index contributed by atoms with van der Waals surface area (Å²) in [6.07, 6.45) is 3.36. The lowest BCUT2D eigenvalue weighted by atomic mass is 9.69. The highest BCUT2D eigenvalue weighted by Gasteiger charge is 2.44. The van der Waals surface area contributed by atoms with Gasteiger partial charge in [-0.05, 0) is 85.2 Å². The van der Waals surface area contributed by atoms with Crippen molar-refractivity contribution in [2.24, 2.45) is 0 Å². The number of aryl methyl sites for hydroxylation is 2. The average Bonchev–Trinajstić information content (AvgIpc) is 3.72. The highest BCUT2D eigenvalue weighted by atomic mass is 16.2. The number of benzene rings is 2. The lowest BCUT2D eigenvalue weighted by Crippen LogP contribution is -2.42. The van der Waals surface area contributed by atoms with Crippen molar-refractivity contribution in [2.45, 2.75) is 63.3 Å². The fraction of sp³-hybridized carbons (Fsp3) is 0.455. The minimum Gasteiger partial charge on any atom is -0.355 e. The molecule has 11 heteroatoms. The molecule has 3 aromatic rings. The summed E-state index contributed by atoms with van der Waals surface area (Å²) in [6, 6.07) is 13.4. The molecule has 0 spiro atoms. The molecule has 1 atom stereocenters. The van der Waals surface area contributed by atoms with Gasteiger partial charge in [-0.3, -0.25) is 19.5 Å². The zero-order valence-electron chi connectivity index (χ0n) is 25.8. The van der Waals surface area contributed by atoms with Gasteiger partial charge in [0.2, 0.25) is 5.91 Å². The van der Waals surface area contributed by atoms with E-state index in [0.717, 1.165) is 34.5 Å². The third-order valence-corrected chi connectivity index (χ3v) is 8.88. The monoisotopic (exact) mass is 596 g/mol. The summed E-state index contributed by atoms with van der Waals surface area (Å²) in [5.41, 5.74) is 4.28. The van der Waals surface area contributed by atoms with E-state index in [1.165, 1.54) is 0 Å². The summed E-state index contributed by atoms with van der Waals surface area (Å²) in [5.74, 6) is 1.06. The lowest BCUT2D eigenvalue weighted by molar-refractivity contribution is -0.130. The van der Waals surface area contributed by atoms with Crippen LogP contribution in [-0.2, 0) is 23.1 Å². The number of aromatic amines is 1. The molecule has 0 unspecified atom stereocenters. The maximum atomic E-state index is 13.0. The third kappa shape index (κ3) is 5.69. The van der Waals surface area contributed by atoms with Gasteiger partial charge in [0.15, 0.2) is 5.82 Å². The Morgan fingerprint density at radius 3 is 2.18 bits per heavy atom. The molecule has 1 saturated heterocycles. The van der Waals surface area contributed by atoms with Crippen LogP contribution in [0.4, 0.5) is 0 Å². The van der Waals surface area contributed by atoms with Crippen LogP contribution in [0.1, 0.15) is 93.6 Å². The molecule has 11 nitrogen and oxygen atoms in total. The largest absolute Gasteiger partial charge is 0.355 e. The Bertz CT molecular complexity index is 1540. The highest BCUT2D eigenvalue weighted by Crippen LogP contribution is 2.46. The Morgan fingerprint density at radius 1 is 1.05 bits per heavy atom. The van der Waals surface area contributed by atoms with Crippen LogP contribution in [-0.4, -0.2) is 77.6 Å². The van der Waals surface area contributed by atoms with Gasteiger partial charge in [-0.2, -0.15) is 10.4 Å². The number of hydrogen-bond donors (Lipinski definition) is 4. The zero-order chi connectivity index (χ0) is 31.4. The van der Waals surface area contributed by atoms with Crippen molar-refractivity contribution in [3.63, 3.8) is 0 Å². The first-order valence-electron chi connectivity index (χ1n) is 15.3. The van der Waals surface area contributed by atoms with Gasteiger partial charge in [0, 0.05) is 37.7 Å². The summed E-state index contributed by atoms with van der Waals surface area (Å²) in [7, 11) is 3.23. The number of carbonyl (C=O) groups is 3. The number of hydrogen-bond acceptors (Lipinski definition) is 7. The molecule has 230 valence electrons. The number of nitriles is 1. The minimum atomic E-state index is -0.841. The number of amides is 3. The van der Waals surface area contributed by atoms with Gasteiger partial charge in [0.25, 0.3) is 11.8 Å². The molecule has 1 aliphatic carbocycles. The van der Waals surface area contributed by atoms with E-state index in [9.17, 15) is 19.6 Å². The van der Waals surface area contributed by atoms with Crippen LogP contribution in [0.15, 0.2) is 36.4 Å². The maximum absolute atomic E-state index is 13.0. The van der Waals surface area contributed by atoms with E-state index in [4.69, 9.17) is 10.1 Å². The van der Waals surface area contributed by atoms with E-state index in [2.05, 4.69) is 41.0 Å². The molecule has 1 aromatic heterocycles. The van der Waals surface area contributed by atoms with E-state index < -0.39 is 5.41 Å². The van der Waals surface area contributed by atoms with Crippen molar-refractivity contribution < 1.29 is 14.4 Å². The first kappa shape index (κ1) is 30.9. The fourth-order valence-corrected chi connectivity index (χ4v) is 6.54. The predicted molar refractivity (Wildman–Crippen MR) is 165 cm³/mol. The van der Waals surface area contributed by atoms with E-state index in [-0.39, 0.29) is 36.2 Å². The predicted octanol–water partition coefficient (Wildman–Crippen LogP) is 2.57. The Balaban J connectivity index is 1.61. The maximum Gasteiger partial charge on any atom is 0.251 e. The number of nitrogens with zero attached hydrogens (tertiary/aromatic N) is 4. The molecule has 0 saturated carbocycles. The summed E-state index contributed by atoms with van der Waals surface area (Å²) in [6.45, 7) is 5.27. The molecule has 2 aliphatic rings. The second-order valence-corrected chi connectivity index (χ2v) is 11.8. The molecule has 1 fully saturated rings. The normalized spacial score (nSPS) is 16.9. The molecule has 0 radical (unpaired) electrons. The average molecular weight is 597 g/mol. The fourth-order valence-electron chi connectivity index (χ4n) is 6.54. The number of carbonyl (C=O) groups excluding carboxylic acids is 3. The molecule has 3 amide bonds. The SMILES string of the molecule is CNC(=O)c1ccc2c(c1)CCc1cc(C(=O)NC)ccc1C2(CCNCC(=O)N1CCC[C@H]1C#N)c1n[nH]c(C(C)C)n1. The van der Waals surface area contributed by atoms with Crippen molar-refractivity contribution in [1.82, 2.24) is 36.0 Å². The van der Waals surface area contributed by atoms with Crippen LogP contribution in [0.3, 0.4) is 0 Å². The van der Waals surface area contributed by atoms with Gasteiger partial charge in [0.05, 0.1) is 18.0 Å². The number of rotatable bonds is 9. The third-order valence-electron chi connectivity index (χ3n) is 8.88. The number of H-pyrrole nitrogens is 1. The Hall–Kier alpha value is -4.56. The highest BCUT2D eigenvalue weighted by molar-refractivity contribution is 5.95. The molecule has 0 bridgehead atoms. The van der Waals surface area contributed by atoms with Gasteiger partial charge in [-0.15, -0.1) is 0 Å². The summed E-state index contributed by atoms with van der Waals surface area (Å²) in [5, 5.41) is 26.2. The van der Waals surface area contributed by atoms with Crippen molar-refractivity contribution in [2.75, 3.05) is 33.7 Å². The van der Waals surface area contributed by atoms with Crippen LogP contribution < -0.4 is 16.0 Å². The summed E-state index contributed by atoms with van der Waals surface area (Å²) >= 11 is 0. The topological polar surface area (TPSA) is 156 Å². The minimum absolute atomic E-state index is 0.0878. The van der Waals surface area contributed by atoms with E-state index in [1.54, 1.807) is 19.0 Å². The van der Waals surface area contributed by atoms with Crippen LogP contribution in [0.5, 0.6) is 0 Å². The van der Waals surface area contributed by atoms with Gasteiger partial charge in [-0.1, -0.05) is 26.0 Å². The van der Waals surface area contributed by atoms with Gasteiger partial charge < -0.3 is 20.9 Å². The molecule has 4 N–H and O–H groups in total. The number of fused-ring (bicyclic) bond motifs is 2.